The monoisotopic (exact) mass is 362 g/mol. The lowest BCUT2D eigenvalue weighted by atomic mass is 9.92. The van der Waals surface area contributed by atoms with Crippen LogP contribution in [0.25, 0.3) is 11.4 Å². The Bertz CT molecular complexity index is 829. The van der Waals surface area contributed by atoms with Crippen LogP contribution in [0.1, 0.15) is 38.3 Å². The number of piperidine rings is 1. The molecule has 3 rings (SSSR count). The first-order chi connectivity index (χ1) is 11.8. The molecule has 1 saturated heterocycles. The van der Waals surface area contributed by atoms with Crippen LogP contribution in [0.4, 0.5) is 0 Å². The second-order valence-electron chi connectivity index (χ2n) is 7.14. The molecule has 0 aliphatic carbocycles. The van der Waals surface area contributed by atoms with Crippen LogP contribution in [0.3, 0.4) is 0 Å². The third-order valence-electron chi connectivity index (χ3n) is 4.72. The fourth-order valence-corrected chi connectivity index (χ4v) is 4.44. The normalized spacial score (nSPS) is 19.4. The van der Waals surface area contributed by atoms with Gasteiger partial charge < -0.3 is 0 Å². The van der Waals surface area contributed by atoms with E-state index >= 15 is 0 Å². The average Bonchev–Trinajstić information content (AvgIpc) is 3.04. The van der Waals surface area contributed by atoms with Gasteiger partial charge in [0.1, 0.15) is 0 Å². The lowest BCUT2D eigenvalue weighted by molar-refractivity contribution is 0.267. The van der Waals surface area contributed by atoms with Gasteiger partial charge in [-0.25, -0.2) is 12.7 Å². The molecule has 0 bridgehead atoms. The summed E-state index contributed by atoms with van der Waals surface area (Å²) >= 11 is 0. The highest BCUT2D eigenvalue weighted by atomic mass is 32.2. The minimum absolute atomic E-state index is 0.275. The zero-order valence-electron chi connectivity index (χ0n) is 15.1. The number of rotatable bonds is 5. The molecule has 3 heterocycles. The Morgan fingerprint density at radius 2 is 2.08 bits per heavy atom. The van der Waals surface area contributed by atoms with Crippen molar-refractivity contribution in [1.82, 2.24) is 19.1 Å². The van der Waals surface area contributed by atoms with E-state index < -0.39 is 10.0 Å². The van der Waals surface area contributed by atoms with E-state index in [-0.39, 0.29) is 6.04 Å². The number of hydrogen-bond donors (Lipinski definition) is 0. The van der Waals surface area contributed by atoms with E-state index in [0.717, 1.165) is 30.7 Å². The molecule has 0 saturated carbocycles. The molecular weight excluding hydrogens is 336 g/mol. The van der Waals surface area contributed by atoms with Crippen molar-refractivity contribution in [2.45, 2.75) is 39.2 Å². The highest BCUT2D eigenvalue weighted by Crippen LogP contribution is 2.25. The van der Waals surface area contributed by atoms with Gasteiger partial charge in [-0.1, -0.05) is 0 Å². The van der Waals surface area contributed by atoms with Crippen LogP contribution in [-0.2, 0) is 16.4 Å². The van der Waals surface area contributed by atoms with E-state index in [2.05, 4.69) is 30.0 Å². The van der Waals surface area contributed by atoms with E-state index in [9.17, 15) is 8.42 Å². The van der Waals surface area contributed by atoms with Crippen LogP contribution in [0.5, 0.6) is 0 Å². The quantitative estimate of drug-likeness (QED) is 0.820. The first-order valence-corrected chi connectivity index (χ1v) is 10.6. The van der Waals surface area contributed by atoms with Gasteiger partial charge in [0, 0.05) is 31.5 Å². The van der Waals surface area contributed by atoms with Crippen LogP contribution in [0.2, 0.25) is 0 Å². The SMILES string of the molecule is CC(C)n1nccc1-c1cc(CC2CCCN(S(C)(=O)=O)C2)ccn1. The number of pyridine rings is 1. The van der Waals surface area contributed by atoms with Gasteiger partial charge in [-0.2, -0.15) is 5.10 Å². The van der Waals surface area contributed by atoms with Gasteiger partial charge >= 0.3 is 0 Å². The van der Waals surface area contributed by atoms with Crippen molar-refractivity contribution in [3.05, 3.63) is 36.2 Å². The molecule has 136 valence electrons. The number of nitrogens with zero attached hydrogens (tertiary/aromatic N) is 4. The van der Waals surface area contributed by atoms with E-state index in [1.165, 1.54) is 11.8 Å². The first kappa shape index (κ1) is 18.1. The maximum absolute atomic E-state index is 11.8. The first-order valence-electron chi connectivity index (χ1n) is 8.78. The number of aromatic nitrogens is 3. The molecule has 0 radical (unpaired) electrons. The molecular formula is C18H26N4O2S. The van der Waals surface area contributed by atoms with Gasteiger partial charge in [-0.05, 0) is 62.8 Å². The smallest absolute Gasteiger partial charge is 0.211 e. The zero-order valence-corrected chi connectivity index (χ0v) is 15.9. The predicted octanol–water partition coefficient (Wildman–Crippen LogP) is 2.74. The summed E-state index contributed by atoms with van der Waals surface area (Å²) < 4.78 is 27.2. The second-order valence-corrected chi connectivity index (χ2v) is 9.12. The highest BCUT2D eigenvalue weighted by Gasteiger charge is 2.26. The van der Waals surface area contributed by atoms with Crippen molar-refractivity contribution >= 4 is 10.0 Å². The highest BCUT2D eigenvalue weighted by molar-refractivity contribution is 7.88. The largest absolute Gasteiger partial charge is 0.261 e. The molecule has 1 unspecified atom stereocenters. The van der Waals surface area contributed by atoms with Crippen molar-refractivity contribution in [1.29, 1.82) is 0 Å². The van der Waals surface area contributed by atoms with Gasteiger partial charge in [0.2, 0.25) is 10.0 Å². The Balaban J connectivity index is 1.77. The van der Waals surface area contributed by atoms with Crippen LogP contribution >= 0.6 is 0 Å². The average molecular weight is 362 g/mol. The molecule has 1 fully saturated rings. The maximum atomic E-state index is 11.8. The van der Waals surface area contributed by atoms with E-state index in [4.69, 9.17) is 0 Å². The zero-order chi connectivity index (χ0) is 18.0. The van der Waals surface area contributed by atoms with Gasteiger partial charge in [0.05, 0.1) is 17.6 Å². The van der Waals surface area contributed by atoms with Crippen LogP contribution < -0.4 is 0 Å². The lowest BCUT2D eigenvalue weighted by Crippen LogP contribution is -2.39. The fourth-order valence-electron chi connectivity index (χ4n) is 3.50. The molecule has 6 nitrogen and oxygen atoms in total. The Hall–Kier alpha value is -1.73. The summed E-state index contributed by atoms with van der Waals surface area (Å²) in [5.41, 5.74) is 3.12. The Morgan fingerprint density at radius 1 is 1.28 bits per heavy atom. The predicted molar refractivity (Wildman–Crippen MR) is 98.7 cm³/mol. The summed E-state index contributed by atoms with van der Waals surface area (Å²) in [6.45, 7) is 5.45. The van der Waals surface area contributed by atoms with E-state index in [1.54, 1.807) is 10.5 Å². The molecule has 0 aromatic carbocycles. The van der Waals surface area contributed by atoms with Crippen molar-refractivity contribution in [3.63, 3.8) is 0 Å². The molecule has 0 N–H and O–H groups in total. The third-order valence-corrected chi connectivity index (χ3v) is 5.99. The van der Waals surface area contributed by atoms with Crippen LogP contribution in [0.15, 0.2) is 30.6 Å². The van der Waals surface area contributed by atoms with Gasteiger partial charge in [-0.15, -0.1) is 0 Å². The summed E-state index contributed by atoms with van der Waals surface area (Å²) in [5.74, 6) is 0.355. The molecule has 0 amide bonds. The number of hydrogen-bond acceptors (Lipinski definition) is 4. The summed E-state index contributed by atoms with van der Waals surface area (Å²) in [6, 6.07) is 6.39. The van der Waals surface area contributed by atoms with Crippen molar-refractivity contribution < 1.29 is 8.42 Å². The van der Waals surface area contributed by atoms with Crippen LogP contribution in [0, 0.1) is 5.92 Å². The van der Waals surface area contributed by atoms with E-state index in [0.29, 0.717) is 19.0 Å². The summed E-state index contributed by atoms with van der Waals surface area (Å²) in [6.07, 6.45) is 7.79. The molecule has 1 atom stereocenters. The Labute approximate surface area is 149 Å². The fraction of sp³-hybridized carbons (Fsp3) is 0.556. The minimum Gasteiger partial charge on any atom is -0.261 e. The summed E-state index contributed by atoms with van der Waals surface area (Å²) in [4.78, 5) is 4.51. The van der Waals surface area contributed by atoms with Crippen molar-refractivity contribution in [2.75, 3.05) is 19.3 Å². The maximum Gasteiger partial charge on any atom is 0.211 e. The molecule has 1 aliphatic heterocycles. The molecule has 0 spiro atoms. The van der Waals surface area contributed by atoms with Crippen molar-refractivity contribution in [2.24, 2.45) is 5.92 Å². The van der Waals surface area contributed by atoms with Crippen molar-refractivity contribution in [3.8, 4) is 11.4 Å². The standard InChI is InChI=1S/C18H26N4O2S/c1-14(2)22-18(7-9-20-22)17-12-15(6-8-19-17)11-16-5-4-10-21(13-16)25(3,23)24/h6-9,12,14,16H,4-5,10-11,13H2,1-3H3. The molecule has 1 aliphatic rings. The van der Waals surface area contributed by atoms with E-state index in [1.807, 2.05) is 23.0 Å². The van der Waals surface area contributed by atoms with Crippen LogP contribution in [-0.4, -0.2) is 46.8 Å². The van der Waals surface area contributed by atoms with Gasteiger partial charge in [0.15, 0.2) is 0 Å². The lowest BCUT2D eigenvalue weighted by Gasteiger charge is -2.31. The molecule has 2 aromatic rings. The second kappa shape index (κ2) is 7.25. The van der Waals surface area contributed by atoms with Gasteiger partial charge in [-0.3, -0.25) is 9.67 Å². The number of sulfonamides is 1. The van der Waals surface area contributed by atoms with Gasteiger partial charge in [0.25, 0.3) is 0 Å². The topological polar surface area (TPSA) is 68.1 Å². The Kier molecular flexibility index (Phi) is 5.24. The minimum atomic E-state index is -3.10. The third kappa shape index (κ3) is 4.27. The molecule has 2 aromatic heterocycles. The summed E-state index contributed by atoms with van der Waals surface area (Å²) in [5, 5.41) is 4.38. The Morgan fingerprint density at radius 3 is 2.80 bits per heavy atom. The molecule has 7 heteroatoms. The molecule has 25 heavy (non-hydrogen) atoms. The summed E-state index contributed by atoms with van der Waals surface area (Å²) in [7, 11) is -3.10.